The molecule has 0 aromatic carbocycles. The van der Waals surface area contributed by atoms with E-state index in [1.165, 1.54) is 0 Å². The third-order valence-electron chi connectivity index (χ3n) is 4.64. The molecule has 1 aliphatic carbocycles. The molecule has 0 spiro atoms. The van der Waals surface area contributed by atoms with Gasteiger partial charge in [-0.3, -0.25) is 4.79 Å². The van der Waals surface area contributed by atoms with Crippen molar-refractivity contribution in [1.29, 1.82) is 0 Å². The van der Waals surface area contributed by atoms with Crippen LogP contribution in [0.3, 0.4) is 0 Å². The van der Waals surface area contributed by atoms with Gasteiger partial charge >= 0.3 is 6.18 Å². The molecule has 7 heteroatoms. The summed E-state index contributed by atoms with van der Waals surface area (Å²) < 4.78 is 39.1. The van der Waals surface area contributed by atoms with Crippen molar-refractivity contribution in [3.05, 3.63) is 0 Å². The zero-order valence-electron chi connectivity index (χ0n) is 12.2. The van der Waals surface area contributed by atoms with Gasteiger partial charge in [-0.1, -0.05) is 19.8 Å². The van der Waals surface area contributed by atoms with E-state index in [0.29, 0.717) is 19.3 Å². The van der Waals surface area contributed by atoms with Gasteiger partial charge in [0.25, 0.3) is 0 Å². The number of hydrogen-bond donors (Lipinski definition) is 2. The molecule has 4 unspecified atom stereocenters. The van der Waals surface area contributed by atoms with Crippen LogP contribution in [-0.2, 0) is 4.79 Å². The molecule has 0 radical (unpaired) electrons. The van der Waals surface area contributed by atoms with Crippen molar-refractivity contribution in [3.63, 3.8) is 0 Å². The first kappa shape index (κ1) is 18.6. The summed E-state index contributed by atoms with van der Waals surface area (Å²) in [6.07, 6.45) is -1.75. The molecule has 1 heterocycles. The van der Waals surface area contributed by atoms with E-state index in [-0.39, 0.29) is 30.8 Å². The Morgan fingerprint density at radius 3 is 2.48 bits per heavy atom. The van der Waals surface area contributed by atoms with Gasteiger partial charge in [-0.25, -0.2) is 0 Å². The van der Waals surface area contributed by atoms with Gasteiger partial charge in [0.15, 0.2) is 0 Å². The normalized spacial score (nSPS) is 33.9. The van der Waals surface area contributed by atoms with Crippen LogP contribution in [0.15, 0.2) is 0 Å². The summed E-state index contributed by atoms with van der Waals surface area (Å²) >= 11 is 0. The van der Waals surface area contributed by atoms with Crippen molar-refractivity contribution in [2.45, 2.75) is 51.2 Å². The maximum absolute atomic E-state index is 13.0. The van der Waals surface area contributed by atoms with Gasteiger partial charge < -0.3 is 10.6 Å². The van der Waals surface area contributed by atoms with Gasteiger partial charge in [0, 0.05) is 12.0 Å². The molecule has 1 amide bonds. The van der Waals surface area contributed by atoms with Crippen molar-refractivity contribution < 1.29 is 18.0 Å². The van der Waals surface area contributed by atoms with Crippen molar-refractivity contribution in [3.8, 4) is 0 Å². The Morgan fingerprint density at radius 2 is 1.86 bits per heavy atom. The molecular weight excluding hydrogens is 305 g/mol. The van der Waals surface area contributed by atoms with Gasteiger partial charge in [0.05, 0.1) is 5.92 Å². The van der Waals surface area contributed by atoms with Crippen molar-refractivity contribution in [1.82, 2.24) is 10.6 Å². The maximum atomic E-state index is 13.0. The van der Waals surface area contributed by atoms with Crippen LogP contribution in [-0.4, -0.2) is 31.2 Å². The van der Waals surface area contributed by atoms with Gasteiger partial charge in [0.1, 0.15) is 0 Å². The lowest BCUT2D eigenvalue weighted by Gasteiger charge is -2.35. The molecule has 21 heavy (non-hydrogen) atoms. The van der Waals surface area contributed by atoms with Crippen LogP contribution in [0.25, 0.3) is 0 Å². The summed E-state index contributed by atoms with van der Waals surface area (Å²) in [4.78, 5) is 12.2. The zero-order chi connectivity index (χ0) is 14.8. The van der Waals surface area contributed by atoms with Crippen molar-refractivity contribution in [2.75, 3.05) is 13.1 Å². The Hall–Kier alpha value is -0.490. The second kappa shape index (κ2) is 7.68. The number of piperidine rings is 1. The third kappa shape index (κ3) is 4.74. The van der Waals surface area contributed by atoms with Crippen LogP contribution in [0.5, 0.6) is 0 Å². The molecule has 1 aliphatic heterocycles. The topological polar surface area (TPSA) is 41.1 Å². The van der Waals surface area contributed by atoms with E-state index in [2.05, 4.69) is 10.6 Å². The molecule has 2 aliphatic rings. The molecule has 1 saturated heterocycles. The molecule has 4 atom stereocenters. The molecule has 2 rings (SSSR count). The van der Waals surface area contributed by atoms with Gasteiger partial charge in [-0.2, -0.15) is 13.2 Å². The smallest absolute Gasteiger partial charge is 0.353 e. The molecular formula is C14H24ClF3N2O. The maximum Gasteiger partial charge on any atom is 0.392 e. The van der Waals surface area contributed by atoms with Crippen LogP contribution < -0.4 is 10.6 Å². The van der Waals surface area contributed by atoms with Crippen LogP contribution in [0.1, 0.15) is 39.0 Å². The Bertz CT molecular complexity index is 352. The SMILES string of the molecule is CC1CNCCC1NC(=O)C1CCCCC1C(F)(F)F.Cl. The van der Waals surface area contributed by atoms with Crippen molar-refractivity contribution in [2.24, 2.45) is 17.8 Å². The monoisotopic (exact) mass is 328 g/mol. The summed E-state index contributed by atoms with van der Waals surface area (Å²) in [5.41, 5.74) is 0. The second-order valence-corrected chi connectivity index (χ2v) is 6.12. The van der Waals surface area contributed by atoms with Crippen molar-refractivity contribution >= 4 is 18.3 Å². The molecule has 2 N–H and O–H groups in total. The molecule has 124 valence electrons. The van der Waals surface area contributed by atoms with Crippen LogP contribution in [0, 0.1) is 17.8 Å². The fraction of sp³-hybridized carbons (Fsp3) is 0.929. The standard InChI is InChI=1S/C14H23F3N2O.ClH/c1-9-8-18-7-6-12(9)19-13(20)10-4-2-3-5-11(10)14(15,16)17;/h9-12,18H,2-8H2,1H3,(H,19,20);1H. The van der Waals surface area contributed by atoms with E-state index >= 15 is 0 Å². The first-order valence-electron chi connectivity index (χ1n) is 7.47. The number of hydrogen-bond acceptors (Lipinski definition) is 2. The zero-order valence-corrected chi connectivity index (χ0v) is 13.0. The summed E-state index contributed by atoms with van der Waals surface area (Å²) in [6, 6.07) is -0.000407. The number of alkyl halides is 3. The van der Waals surface area contributed by atoms with Crippen LogP contribution >= 0.6 is 12.4 Å². The first-order valence-corrected chi connectivity index (χ1v) is 7.47. The highest BCUT2D eigenvalue weighted by Crippen LogP contribution is 2.41. The molecule has 2 fully saturated rings. The summed E-state index contributed by atoms with van der Waals surface area (Å²) in [5, 5.41) is 6.08. The number of nitrogens with one attached hydrogen (secondary N) is 2. The largest absolute Gasteiger partial charge is 0.392 e. The molecule has 1 saturated carbocycles. The number of rotatable bonds is 2. The number of amides is 1. The minimum absolute atomic E-state index is 0. The average molecular weight is 329 g/mol. The number of halogens is 4. The predicted molar refractivity (Wildman–Crippen MR) is 77.3 cm³/mol. The lowest BCUT2D eigenvalue weighted by molar-refractivity contribution is -0.198. The highest BCUT2D eigenvalue weighted by Gasteiger charge is 2.48. The first-order chi connectivity index (χ1) is 9.39. The minimum atomic E-state index is -4.26. The highest BCUT2D eigenvalue weighted by molar-refractivity contribution is 5.85. The highest BCUT2D eigenvalue weighted by atomic mass is 35.5. The van der Waals surface area contributed by atoms with E-state index in [1.807, 2.05) is 6.92 Å². The van der Waals surface area contributed by atoms with E-state index in [9.17, 15) is 18.0 Å². The van der Waals surface area contributed by atoms with Gasteiger partial charge in [-0.15, -0.1) is 12.4 Å². The number of carbonyl (C=O) groups is 1. The minimum Gasteiger partial charge on any atom is -0.353 e. The Morgan fingerprint density at radius 1 is 1.19 bits per heavy atom. The molecule has 3 nitrogen and oxygen atoms in total. The van der Waals surface area contributed by atoms with Gasteiger partial charge in [0.2, 0.25) is 5.91 Å². The Kier molecular flexibility index (Phi) is 6.78. The molecule has 0 aromatic heterocycles. The predicted octanol–water partition coefficient (Wildman–Crippen LogP) is 2.89. The van der Waals surface area contributed by atoms with Gasteiger partial charge in [-0.05, 0) is 38.3 Å². The fourth-order valence-electron chi connectivity index (χ4n) is 3.35. The summed E-state index contributed by atoms with van der Waals surface area (Å²) in [6.45, 7) is 3.63. The lowest BCUT2D eigenvalue weighted by atomic mass is 9.78. The van der Waals surface area contributed by atoms with E-state index < -0.39 is 23.9 Å². The van der Waals surface area contributed by atoms with Crippen LogP contribution in [0.2, 0.25) is 0 Å². The van der Waals surface area contributed by atoms with E-state index in [0.717, 1.165) is 19.5 Å². The Balaban J connectivity index is 0.00000220. The van der Waals surface area contributed by atoms with E-state index in [4.69, 9.17) is 0 Å². The second-order valence-electron chi connectivity index (χ2n) is 6.12. The Labute approximate surface area is 129 Å². The summed E-state index contributed by atoms with van der Waals surface area (Å²) in [7, 11) is 0. The quantitative estimate of drug-likeness (QED) is 0.818. The molecule has 0 aromatic rings. The molecule has 0 bridgehead atoms. The number of carbonyl (C=O) groups excluding carboxylic acids is 1. The van der Waals surface area contributed by atoms with Crippen LogP contribution in [0.4, 0.5) is 13.2 Å². The lowest BCUT2D eigenvalue weighted by Crippen LogP contribution is -2.52. The fourth-order valence-corrected chi connectivity index (χ4v) is 3.35. The third-order valence-corrected chi connectivity index (χ3v) is 4.64. The summed E-state index contributed by atoms with van der Waals surface area (Å²) in [5.74, 6) is -2.49. The average Bonchev–Trinajstić information content (AvgIpc) is 2.40. The van der Waals surface area contributed by atoms with E-state index in [1.54, 1.807) is 0 Å².